The van der Waals surface area contributed by atoms with Crippen molar-refractivity contribution in [1.82, 2.24) is 9.97 Å². The lowest BCUT2D eigenvalue weighted by Crippen LogP contribution is -2.06. The summed E-state index contributed by atoms with van der Waals surface area (Å²) in [4.78, 5) is 19.5. The zero-order valence-corrected chi connectivity index (χ0v) is 25.3. The van der Waals surface area contributed by atoms with Crippen molar-refractivity contribution in [2.45, 2.75) is 59.6 Å². The molecule has 0 aliphatic rings. The standard InChI is InChI=1S/C14H10F3NO.C8H6ClF3.C8H11NO2.C2H6.2CH4/c15-14(16,17)12-3-1-10(2-4-12)9-13(19)11-5-7-18-8-6-11;9-5-6-2-1-3-7(4-6)8(10,11)12;1-10-8(11-2)7-3-5-9-6-4-7;1-2;;/h1-8H,9H2;1-4H,5H2;3-6,8H,1-2H3;1-2H3;2*1H4. The molecule has 46 heavy (non-hydrogen) atoms. The van der Waals surface area contributed by atoms with Gasteiger partial charge in [0.1, 0.15) is 0 Å². The van der Waals surface area contributed by atoms with E-state index in [1.54, 1.807) is 44.8 Å². The molecule has 0 bridgehead atoms. The van der Waals surface area contributed by atoms with Gasteiger partial charge < -0.3 is 9.47 Å². The minimum absolute atomic E-state index is 0. The van der Waals surface area contributed by atoms with Crippen molar-refractivity contribution in [2.75, 3.05) is 14.2 Å². The topological polar surface area (TPSA) is 61.3 Å². The number of nitrogens with zero attached hydrogens (tertiary/aromatic N) is 2. The molecule has 0 spiro atoms. The third kappa shape index (κ3) is 16.0. The Morgan fingerprint density at radius 2 is 1.20 bits per heavy atom. The van der Waals surface area contributed by atoms with Gasteiger partial charge >= 0.3 is 12.4 Å². The van der Waals surface area contributed by atoms with E-state index in [9.17, 15) is 31.1 Å². The van der Waals surface area contributed by atoms with Gasteiger partial charge in [0.25, 0.3) is 0 Å². The fourth-order valence-corrected chi connectivity index (χ4v) is 3.52. The molecule has 2 aromatic carbocycles. The highest BCUT2D eigenvalue weighted by Crippen LogP contribution is 2.30. The van der Waals surface area contributed by atoms with Crippen molar-refractivity contribution >= 4 is 17.4 Å². The van der Waals surface area contributed by atoms with E-state index in [-0.39, 0.29) is 39.2 Å². The number of ketones is 1. The molecule has 0 fully saturated rings. The van der Waals surface area contributed by atoms with E-state index in [0.29, 0.717) is 16.7 Å². The Morgan fingerprint density at radius 1 is 0.717 bits per heavy atom. The van der Waals surface area contributed by atoms with Crippen LogP contribution in [0.4, 0.5) is 26.3 Å². The summed E-state index contributed by atoms with van der Waals surface area (Å²) in [6.07, 6.45) is -2.42. The molecule has 0 saturated carbocycles. The van der Waals surface area contributed by atoms with Gasteiger partial charge in [-0.15, -0.1) is 11.6 Å². The van der Waals surface area contributed by atoms with E-state index in [1.165, 1.54) is 30.6 Å². The molecule has 12 heteroatoms. The Hall–Kier alpha value is -3.80. The first kappa shape index (κ1) is 44.3. The number of alkyl halides is 7. The SMILES string of the molecule is C.C.CC.COC(OC)c1ccncc1.FC(F)(F)c1cccc(CCl)c1.O=C(Cc1ccc(C(F)(F)F)cc1)c1ccncc1. The summed E-state index contributed by atoms with van der Waals surface area (Å²) in [5.41, 5.74) is 1.13. The van der Waals surface area contributed by atoms with Crippen LogP contribution in [0.3, 0.4) is 0 Å². The monoisotopic (exact) mass is 674 g/mol. The summed E-state index contributed by atoms with van der Waals surface area (Å²) in [5, 5.41) is 0. The summed E-state index contributed by atoms with van der Waals surface area (Å²) in [7, 11) is 3.21. The number of benzene rings is 2. The zero-order valence-electron chi connectivity index (χ0n) is 24.5. The molecule has 0 unspecified atom stereocenters. The fourth-order valence-electron chi connectivity index (χ4n) is 3.36. The highest BCUT2D eigenvalue weighted by Gasteiger charge is 2.30. The second kappa shape index (κ2) is 22.7. The first-order valence-corrected chi connectivity index (χ1v) is 13.7. The van der Waals surface area contributed by atoms with Gasteiger partial charge in [-0.05, 0) is 53.6 Å². The minimum Gasteiger partial charge on any atom is -0.352 e. The summed E-state index contributed by atoms with van der Waals surface area (Å²) < 4.78 is 83.4. The largest absolute Gasteiger partial charge is 0.416 e. The molecule has 0 atom stereocenters. The van der Waals surface area contributed by atoms with Crippen LogP contribution in [0.1, 0.15) is 73.2 Å². The highest BCUT2D eigenvalue weighted by molar-refractivity contribution is 6.17. The number of carbonyl (C=O) groups is 1. The van der Waals surface area contributed by atoms with Gasteiger partial charge in [-0.3, -0.25) is 14.8 Å². The number of aromatic nitrogens is 2. The summed E-state index contributed by atoms with van der Waals surface area (Å²) in [6, 6.07) is 16.5. The number of rotatable bonds is 7. The summed E-state index contributed by atoms with van der Waals surface area (Å²) in [5.74, 6) is -0.0497. The third-order valence-corrected chi connectivity index (χ3v) is 5.77. The number of ether oxygens (including phenoxy) is 2. The molecule has 0 saturated heterocycles. The van der Waals surface area contributed by atoms with Crippen molar-refractivity contribution in [1.29, 1.82) is 0 Å². The third-order valence-electron chi connectivity index (χ3n) is 5.46. The molecule has 0 aliphatic heterocycles. The molecule has 0 radical (unpaired) electrons. The molecule has 0 N–H and O–H groups in total. The maximum absolute atomic E-state index is 12.4. The summed E-state index contributed by atoms with van der Waals surface area (Å²) >= 11 is 5.38. The second-order valence-corrected chi connectivity index (χ2v) is 8.71. The molecule has 4 aromatic rings. The van der Waals surface area contributed by atoms with Crippen LogP contribution in [0.15, 0.2) is 97.6 Å². The Bertz CT molecular complexity index is 1350. The normalized spacial score (nSPS) is 10.3. The number of Topliss-reactive ketones (excluding diaryl/α,β-unsaturated/α-hetero) is 1. The molecular weight excluding hydrogens is 634 g/mol. The number of halogens is 7. The second-order valence-electron chi connectivity index (χ2n) is 8.45. The van der Waals surface area contributed by atoms with Crippen molar-refractivity contribution in [3.63, 3.8) is 0 Å². The van der Waals surface area contributed by atoms with Crippen LogP contribution in [0.2, 0.25) is 0 Å². The average Bonchev–Trinajstić information content (AvgIpc) is 3.04. The van der Waals surface area contributed by atoms with Crippen molar-refractivity contribution in [3.8, 4) is 0 Å². The van der Waals surface area contributed by atoms with Crippen LogP contribution in [0, 0.1) is 0 Å². The van der Waals surface area contributed by atoms with E-state index >= 15 is 0 Å². The van der Waals surface area contributed by atoms with E-state index in [4.69, 9.17) is 21.1 Å². The van der Waals surface area contributed by atoms with E-state index in [0.717, 1.165) is 29.8 Å². The van der Waals surface area contributed by atoms with Crippen LogP contribution >= 0.6 is 11.6 Å². The Labute approximate surface area is 272 Å². The Morgan fingerprint density at radius 3 is 1.63 bits per heavy atom. The molecule has 254 valence electrons. The molecular formula is C34H41ClF6N2O3. The maximum atomic E-state index is 12.4. The van der Waals surface area contributed by atoms with Gasteiger partial charge in [-0.25, -0.2) is 0 Å². The first-order valence-electron chi connectivity index (χ1n) is 13.2. The smallest absolute Gasteiger partial charge is 0.352 e. The lowest BCUT2D eigenvalue weighted by molar-refractivity contribution is -0.138. The Balaban J connectivity index is 0. The van der Waals surface area contributed by atoms with Crippen LogP contribution in [0.25, 0.3) is 0 Å². The van der Waals surface area contributed by atoms with E-state index in [2.05, 4.69) is 9.97 Å². The van der Waals surface area contributed by atoms with Gasteiger partial charge in [-0.2, -0.15) is 26.3 Å². The molecule has 5 nitrogen and oxygen atoms in total. The average molecular weight is 675 g/mol. The lowest BCUT2D eigenvalue weighted by Gasteiger charge is -2.12. The zero-order chi connectivity index (χ0) is 33.2. The fraction of sp³-hybridized carbons (Fsp3) is 0.324. The molecule has 4 rings (SSSR count). The van der Waals surface area contributed by atoms with Crippen LogP contribution < -0.4 is 0 Å². The number of pyridine rings is 2. The Kier molecular flexibility index (Phi) is 21.8. The van der Waals surface area contributed by atoms with Gasteiger partial charge in [0, 0.05) is 62.4 Å². The summed E-state index contributed by atoms with van der Waals surface area (Å²) in [6.45, 7) is 4.00. The number of hydrogen-bond donors (Lipinski definition) is 0. The maximum Gasteiger partial charge on any atom is 0.416 e. The molecule has 0 aliphatic carbocycles. The predicted molar refractivity (Wildman–Crippen MR) is 171 cm³/mol. The molecule has 2 heterocycles. The highest BCUT2D eigenvalue weighted by atomic mass is 35.5. The van der Waals surface area contributed by atoms with Crippen molar-refractivity contribution < 1.29 is 40.6 Å². The molecule has 0 amide bonds. The van der Waals surface area contributed by atoms with Crippen LogP contribution in [-0.4, -0.2) is 30.0 Å². The van der Waals surface area contributed by atoms with Crippen LogP contribution in [-0.2, 0) is 34.1 Å². The predicted octanol–water partition coefficient (Wildman–Crippen LogP) is 10.6. The molecule has 2 aromatic heterocycles. The van der Waals surface area contributed by atoms with E-state index < -0.39 is 23.5 Å². The number of carbonyl (C=O) groups excluding carboxylic acids is 1. The van der Waals surface area contributed by atoms with Gasteiger partial charge in [0.05, 0.1) is 11.1 Å². The first-order chi connectivity index (χ1) is 20.9. The van der Waals surface area contributed by atoms with Crippen molar-refractivity contribution in [2.24, 2.45) is 0 Å². The lowest BCUT2D eigenvalue weighted by atomic mass is 10.0. The quantitative estimate of drug-likeness (QED) is 0.0845. The van der Waals surface area contributed by atoms with Gasteiger partial charge in [-0.1, -0.05) is 59.0 Å². The van der Waals surface area contributed by atoms with Crippen molar-refractivity contribution in [3.05, 3.63) is 131 Å². The van der Waals surface area contributed by atoms with Gasteiger partial charge in [0.15, 0.2) is 12.1 Å². The minimum atomic E-state index is -4.35. The van der Waals surface area contributed by atoms with Crippen LogP contribution in [0.5, 0.6) is 0 Å². The number of hydrogen-bond acceptors (Lipinski definition) is 5. The van der Waals surface area contributed by atoms with E-state index in [1.807, 2.05) is 26.0 Å². The van der Waals surface area contributed by atoms with Gasteiger partial charge in [0.2, 0.25) is 0 Å². The number of methoxy groups -OCH3 is 2.